The Morgan fingerprint density at radius 2 is 2.44 bits per heavy atom. The van der Waals surface area contributed by atoms with Gasteiger partial charge in [0.15, 0.2) is 0 Å². The van der Waals surface area contributed by atoms with Crippen LogP contribution >= 0.6 is 15.9 Å². The van der Waals surface area contributed by atoms with Crippen molar-refractivity contribution in [3.8, 4) is 0 Å². The summed E-state index contributed by atoms with van der Waals surface area (Å²) < 4.78 is 0.968. The number of nitrogens with zero attached hydrogens (tertiary/aromatic N) is 1. The molecule has 2 rings (SSSR count). The fourth-order valence-corrected chi connectivity index (χ4v) is 2.47. The fraction of sp³-hybridized carbons (Fsp3) is 0.462. The van der Waals surface area contributed by atoms with E-state index in [2.05, 4.69) is 38.4 Å². The normalized spacial score (nSPS) is 20.7. The Bertz CT molecular complexity index is 424. The Labute approximate surface area is 116 Å². The zero-order valence-corrected chi connectivity index (χ0v) is 12.0. The monoisotopic (exact) mass is 311 g/mol. The van der Waals surface area contributed by atoms with Crippen molar-refractivity contribution in [2.45, 2.75) is 13.0 Å². The molecule has 18 heavy (non-hydrogen) atoms. The summed E-state index contributed by atoms with van der Waals surface area (Å²) in [7, 11) is 0. The van der Waals surface area contributed by atoms with E-state index in [4.69, 9.17) is 0 Å². The number of nitrogens with one attached hydrogen (secondary N) is 2. The standard InChI is InChI=1S/C13H18BrN3O/c1-10-8-15-5-6-17(10)9-13(18)16-12-4-2-3-11(14)7-12/h2-4,7,10,15H,5-6,8-9H2,1H3,(H,16,18). The van der Waals surface area contributed by atoms with Gasteiger partial charge in [-0.1, -0.05) is 22.0 Å². The molecule has 1 saturated heterocycles. The van der Waals surface area contributed by atoms with E-state index >= 15 is 0 Å². The molecule has 1 amide bonds. The van der Waals surface area contributed by atoms with E-state index in [1.54, 1.807) is 0 Å². The van der Waals surface area contributed by atoms with Gasteiger partial charge >= 0.3 is 0 Å². The van der Waals surface area contributed by atoms with E-state index in [-0.39, 0.29) is 5.91 Å². The molecule has 5 heteroatoms. The molecule has 1 aromatic carbocycles. The molecule has 1 fully saturated rings. The van der Waals surface area contributed by atoms with Crippen molar-refractivity contribution in [2.24, 2.45) is 0 Å². The highest BCUT2D eigenvalue weighted by Gasteiger charge is 2.20. The average Bonchev–Trinajstić information content (AvgIpc) is 2.32. The van der Waals surface area contributed by atoms with Crippen LogP contribution in [-0.2, 0) is 4.79 Å². The second kappa shape index (κ2) is 6.31. The van der Waals surface area contributed by atoms with Crippen LogP contribution in [0.4, 0.5) is 5.69 Å². The number of benzene rings is 1. The summed E-state index contributed by atoms with van der Waals surface area (Å²) in [5, 5.41) is 6.23. The predicted octanol–water partition coefficient (Wildman–Crippen LogP) is 1.68. The van der Waals surface area contributed by atoms with Gasteiger partial charge in [0.05, 0.1) is 6.54 Å². The Kier molecular flexibility index (Phi) is 4.74. The maximum absolute atomic E-state index is 11.9. The summed E-state index contributed by atoms with van der Waals surface area (Å²) in [6.45, 7) is 5.42. The molecule has 1 unspecified atom stereocenters. The largest absolute Gasteiger partial charge is 0.325 e. The first kappa shape index (κ1) is 13.5. The van der Waals surface area contributed by atoms with Gasteiger partial charge in [0, 0.05) is 35.8 Å². The lowest BCUT2D eigenvalue weighted by Gasteiger charge is -2.33. The van der Waals surface area contributed by atoms with Crippen LogP contribution in [0.5, 0.6) is 0 Å². The summed E-state index contributed by atoms with van der Waals surface area (Å²) >= 11 is 3.39. The first-order valence-corrected chi connectivity index (χ1v) is 6.94. The van der Waals surface area contributed by atoms with Gasteiger partial charge in [0.1, 0.15) is 0 Å². The molecule has 1 aromatic rings. The van der Waals surface area contributed by atoms with Crippen molar-refractivity contribution in [1.82, 2.24) is 10.2 Å². The Morgan fingerprint density at radius 1 is 1.61 bits per heavy atom. The smallest absolute Gasteiger partial charge is 0.238 e. The van der Waals surface area contributed by atoms with E-state index in [1.165, 1.54) is 0 Å². The van der Waals surface area contributed by atoms with Crippen molar-refractivity contribution in [3.63, 3.8) is 0 Å². The summed E-state index contributed by atoms with van der Waals surface area (Å²) in [6, 6.07) is 8.05. The maximum atomic E-state index is 11.9. The third-order valence-corrected chi connectivity index (χ3v) is 3.59. The van der Waals surface area contributed by atoms with Crippen LogP contribution in [0.15, 0.2) is 28.7 Å². The highest BCUT2D eigenvalue weighted by atomic mass is 79.9. The SMILES string of the molecule is CC1CNCCN1CC(=O)Nc1cccc(Br)c1. The van der Waals surface area contributed by atoms with Crippen LogP contribution in [-0.4, -0.2) is 43.0 Å². The molecule has 0 aliphatic carbocycles. The quantitative estimate of drug-likeness (QED) is 0.892. The van der Waals surface area contributed by atoms with Crippen LogP contribution in [0.25, 0.3) is 0 Å². The number of amides is 1. The third-order valence-electron chi connectivity index (χ3n) is 3.09. The minimum absolute atomic E-state index is 0.0434. The van der Waals surface area contributed by atoms with E-state index in [0.717, 1.165) is 29.8 Å². The molecule has 0 radical (unpaired) electrons. The van der Waals surface area contributed by atoms with Crippen molar-refractivity contribution in [1.29, 1.82) is 0 Å². The average molecular weight is 312 g/mol. The minimum Gasteiger partial charge on any atom is -0.325 e. The van der Waals surface area contributed by atoms with Crippen molar-refractivity contribution >= 4 is 27.5 Å². The minimum atomic E-state index is 0.0434. The lowest BCUT2D eigenvalue weighted by atomic mass is 10.2. The molecule has 98 valence electrons. The number of anilines is 1. The first-order valence-electron chi connectivity index (χ1n) is 6.15. The number of rotatable bonds is 3. The van der Waals surface area contributed by atoms with Crippen molar-refractivity contribution < 1.29 is 4.79 Å². The van der Waals surface area contributed by atoms with E-state index in [0.29, 0.717) is 12.6 Å². The van der Waals surface area contributed by atoms with E-state index in [1.807, 2.05) is 24.3 Å². The Morgan fingerprint density at radius 3 is 3.17 bits per heavy atom. The number of carbonyl (C=O) groups is 1. The molecule has 0 spiro atoms. The van der Waals surface area contributed by atoms with Gasteiger partial charge in [-0.25, -0.2) is 0 Å². The predicted molar refractivity (Wildman–Crippen MR) is 76.7 cm³/mol. The van der Waals surface area contributed by atoms with Crippen LogP contribution in [0, 0.1) is 0 Å². The highest BCUT2D eigenvalue weighted by molar-refractivity contribution is 9.10. The zero-order chi connectivity index (χ0) is 13.0. The molecular formula is C13H18BrN3O. The highest BCUT2D eigenvalue weighted by Crippen LogP contribution is 2.15. The molecule has 0 aromatic heterocycles. The van der Waals surface area contributed by atoms with Gasteiger partial charge < -0.3 is 10.6 Å². The molecule has 0 saturated carbocycles. The second-order valence-electron chi connectivity index (χ2n) is 4.58. The lowest BCUT2D eigenvalue weighted by molar-refractivity contribution is -0.118. The number of halogens is 1. The summed E-state index contributed by atoms with van der Waals surface area (Å²) in [6.07, 6.45) is 0. The molecule has 1 aliphatic rings. The maximum Gasteiger partial charge on any atom is 0.238 e. The Hall–Kier alpha value is -0.910. The number of piperazine rings is 1. The summed E-state index contributed by atoms with van der Waals surface area (Å²) in [5.41, 5.74) is 0.831. The van der Waals surface area contributed by atoms with Crippen LogP contribution < -0.4 is 10.6 Å². The third kappa shape index (κ3) is 3.80. The fourth-order valence-electron chi connectivity index (χ4n) is 2.07. The molecule has 2 N–H and O–H groups in total. The van der Waals surface area contributed by atoms with Crippen LogP contribution in [0.1, 0.15) is 6.92 Å². The van der Waals surface area contributed by atoms with Gasteiger partial charge in [-0.05, 0) is 25.1 Å². The number of carbonyl (C=O) groups excluding carboxylic acids is 1. The Balaban J connectivity index is 1.88. The van der Waals surface area contributed by atoms with Gasteiger partial charge in [-0.15, -0.1) is 0 Å². The van der Waals surface area contributed by atoms with E-state index in [9.17, 15) is 4.79 Å². The molecule has 1 aliphatic heterocycles. The molecule has 0 bridgehead atoms. The molecule has 1 atom stereocenters. The van der Waals surface area contributed by atoms with Crippen LogP contribution in [0.3, 0.4) is 0 Å². The van der Waals surface area contributed by atoms with Gasteiger partial charge in [0.25, 0.3) is 0 Å². The van der Waals surface area contributed by atoms with Crippen molar-refractivity contribution in [3.05, 3.63) is 28.7 Å². The molecule has 1 heterocycles. The van der Waals surface area contributed by atoms with Crippen LogP contribution in [0.2, 0.25) is 0 Å². The lowest BCUT2D eigenvalue weighted by Crippen LogP contribution is -2.51. The second-order valence-corrected chi connectivity index (χ2v) is 5.50. The zero-order valence-electron chi connectivity index (χ0n) is 10.4. The number of hydrogen-bond acceptors (Lipinski definition) is 3. The summed E-state index contributed by atoms with van der Waals surface area (Å²) in [4.78, 5) is 14.1. The van der Waals surface area contributed by atoms with Gasteiger partial charge in [-0.2, -0.15) is 0 Å². The van der Waals surface area contributed by atoms with Gasteiger partial charge in [-0.3, -0.25) is 9.69 Å². The van der Waals surface area contributed by atoms with Gasteiger partial charge in [0.2, 0.25) is 5.91 Å². The van der Waals surface area contributed by atoms with Crippen molar-refractivity contribution in [2.75, 3.05) is 31.5 Å². The molecular weight excluding hydrogens is 294 g/mol. The number of hydrogen-bond donors (Lipinski definition) is 2. The van der Waals surface area contributed by atoms with E-state index < -0.39 is 0 Å². The summed E-state index contributed by atoms with van der Waals surface area (Å²) in [5.74, 6) is 0.0434. The molecule has 4 nitrogen and oxygen atoms in total. The topological polar surface area (TPSA) is 44.4 Å². The first-order chi connectivity index (χ1) is 8.65.